The van der Waals surface area contributed by atoms with E-state index < -0.39 is 0 Å². The third-order valence-electron chi connectivity index (χ3n) is 1.32. The Hall–Kier alpha value is -0.440. The van der Waals surface area contributed by atoms with Gasteiger partial charge in [-0.2, -0.15) is 0 Å². The van der Waals surface area contributed by atoms with Crippen LogP contribution in [-0.4, -0.2) is 10.7 Å². The lowest BCUT2D eigenvalue weighted by atomic mass is 10.4. The Balaban J connectivity index is 2.27. The monoisotopic (exact) mass is 171 g/mol. The summed E-state index contributed by atoms with van der Waals surface area (Å²) >= 11 is 1.69. The summed E-state index contributed by atoms with van der Waals surface area (Å²) in [7, 11) is 0. The molecule has 62 valence electrons. The fraction of sp³-hybridized carbons (Fsp3) is 0.625. The van der Waals surface area contributed by atoms with Gasteiger partial charge in [0.25, 0.3) is 5.22 Å². The molecule has 1 aromatic heterocycles. The van der Waals surface area contributed by atoms with Gasteiger partial charge in [0.15, 0.2) is 0 Å². The van der Waals surface area contributed by atoms with Crippen LogP contribution >= 0.6 is 11.8 Å². The number of hydrogen-bond acceptors (Lipinski definition) is 3. The van der Waals surface area contributed by atoms with Crippen molar-refractivity contribution < 1.29 is 4.42 Å². The van der Waals surface area contributed by atoms with Gasteiger partial charge in [0.05, 0.1) is 5.69 Å². The molecule has 11 heavy (non-hydrogen) atoms. The number of oxazole rings is 1. The topological polar surface area (TPSA) is 26.0 Å². The highest BCUT2D eigenvalue weighted by Gasteiger charge is 1.99. The summed E-state index contributed by atoms with van der Waals surface area (Å²) < 4.78 is 5.16. The third kappa shape index (κ3) is 2.97. The van der Waals surface area contributed by atoms with Gasteiger partial charge in [0, 0.05) is 5.75 Å². The predicted octanol–water partition coefficient (Wildman–Crippen LogP) is 2.88. The Morgan fingerprint density at radius 3 is 3.00 bits per heavy atom. The zero-order chi connectivity index (χ0) is 8.10. The first kappa shape index (κ1) is 8.65. The van der Waals surface area contributed by atoms with Gasteiger partial charge in [0.1, 0.15) is 6.26 Å². The average molecular weight is 171 g/mol. The number of hydrogen-bond donors (Lipinski definition) is 0. The van der Waals surface area contributed by atoms with Gasteiger partial charge in [-0.15, -0.1) is 0 Å². The van der Waals surface area contributed by atoms with Gasteiger partial charge in [-0.25, -0.2) is 4.98 Å². The van der Waals surface area contributed by atoms with Crippen LogP contribution in [0.15, 0.2) is 15.9 Å². The lowest BCUT2D eigenvalue weighted by molar-refractivity contribution is 0.454. The summed E-state index contributed by atoms with van der Waals surface area (Å²) in [5.74, 6) is 1.11. The number of aryl methyl sites for hydroxylation is 1. The van der Waals surface area contributed by atoms with E-state index in [9.17, 15) is 0 Å². The number of rotatable bonds is 4. The molecule has 0 unspecified atom stereocenters. The van der Waals surface area contributed by atoms with Crippen LogP contribution in [0.4, 0.5) is 0 Å². The summed E-state index contributed by atoms with van der Waals surface area (Å²) in [6, 6.07) is 0. The molecule has 0 fully saturated rings. The molecule has 0 aliphatic carbocycles. The second-order valence-electron chi connectivity index (χ2n) is 2.46. The van der Waals surface area contributed by atoms with Gasteiger partial charge < -0.3 is 4.42 Å². The van der Waals surface area contributed by atoms with E-state index in [1.807, 2.05) is 6.92 Å². The molecule has 3 heteroatoms. The summed E-state index contributed by atoms with van der Waals surface area (Å²) in [5, 5.41) is 0.802. The van der Waals surface area contributed by atoms with Crippen LogP contribution in [0.5, 0.6) is 0 Å². The van der Waals surface area contributed by atoms with Crippen molar-refractivity contribution in [1.82, 2.24) is 4.98 Å². The van der Waals surface area contributed by atoms with E-state index in [1.165, 1.54) is 12.8 Å². The molecular formula is C8H13NOS. The Kier molecular flexibility index (Phi) is 3.49. The highest BCUT2D eigenvalue weighted by Crippen LogP contribution is 2.17. The van der Waals surface area contributed by atoms with Crippen molar-refractivity contribution in [3.63, 3.8) is 0 Å². The van der Waals surface area contributed by atoms with Crippen LogP contribution in [0, 0.1) is 6.92 Å². The van der Waals surface area contributed by atoms with Crippen molar-refractivity contribution in [3.8, 4) is 0 Å². The largest absolute Gasteiger partial charge is 0.440 e. The maximum atomic E-state index is 5.16. The molecule has 0 aliphatic rings. The molecule has 0 amide bonds. The minimum absolute atomic E-state index is 0.802. The minimum Gasteiger partial charge on any atom is -0.440 e. The van der Waals surface area contributed by atoms with Crippen molar-refractivity contribution in [1.29, 1.82) is 0 Å². The van der Waals surface area contributed by atoms with Gasteiger partial charge in [0.2, 0.25) is 0 Å². The van der Waals surface area contributed by atoms with E-state index in [4.69, 9.17) is 4.42 Å². The minimum atomic E-state index is 0.802. The first-order valence-electron chi connectivity index (χ1n) is 3.88. The van der Waals surface area contributed by atoms with Crippen molar-refractivity contribution in [2.75, 3.05) is 5.75 Å². The van der Waals surface area contributed by atoms with Crippen molar-refractivity contribution in [2.45, 2.75) is 31.9 Å². The van der Waals surface area contributed by atoms with Crippen molar-refractivity contribution in [3.05, 3.63) is 12.0 Å². The molecule has 0 bridgehead atoms. The summed E-state index contributed by atoms with van der Waals surface area (Å²) in [6.07, 6.45) is 4.15. The number of nitrogens with zero attached hydrogens (tertiary/aromatic N) is 1. The van der Waals surface area contributed by atoms with E-state index in [2.05, 4.69) is 11.9 Å². The van der Waals surface area contributed by atoms with Gasteiger partial charge in [-0.1, -0.05) is 25.1 Å². The Morgan fingerprint density at radius 2 is 2.45 bits per heavy atom. The summed E-state index contributed by atoms with van der Waals surface area (Å²) in [6.45, 7) is 4.12. The summed E-state index contributed by atoms with van der Waals surface area (Å²) in [4.78, 5) is 4.18. The third-order valence-corrected chi connectivity index (χ3v) is 2.25. The molecule has 0 radical (unpaired) electrons. The van der Waals surface area contributed by atoms with Crippen LogP contribution in [-0.2, 0) is 0 Å². The molecule has 2 nitrogen and oxygen atoms in total. The second kappa shape index (κ2) is 4.44. The Morgan fingerprint density at radius 1 is 1.64 bits per heavy atom. The summed E-state index contributed by atoms with van der Waals surface area (Å²) in [5.41, 5.74) is 0.962. The molecule has 1 heterocycles. The fourth-order valence-electron chi connectivity index (χ4n) is 0.702. The van der Waals surface area contributed by atoms with E-state index in [-0.39, 0.29) is 0 Å². The van der Waals surface area contributed by atoms with Crippen molar-refractivity contribution in [2.24, 2.45) is 0 Å². The maximum absolute atomic E-state index is 5.16. The van der Waals surface area contributed by atoms with Crippen LogP contribution in [0.3, 0.4) is 0 Å². The predicted molar refractivity (Wildman–Crippen MR) is 46.9 cm³/mol. The molecule has 0 aliphatic heterocycles. The van der Waals surface area contributed by atoms with Crippen molar-refractivity contribution >= 4 is 11.8 Å². The highest BCUT2D eigenvalue weighted by molar-refractivity contribution is 7.99. The van der Waals surface area contributed by atoms with Crippen LogP contribution in [0.25, 0.3) is 0 Å². The lowest BCUT2D eigenvalue weighted by Gasteiger charge is -1.91. The molecule has 0 spiro atoms. The van der Waals surface area contributed by atoms with E-state index in [0.29, 0.717) is 0 Å². The van der Waals surface area contributed by atoms with Crippen LogP contribution in [0.2, 0.25) is 0 Å². The normalized spacial score (nSPS) is 10.4. The molecule has 0 atom stereocenters. The number of unbranched alkanes of at least 4 members (excludes halogenated alkanes) is 1. The Labute approximate surface area is 71.4 Å². The molecule has 0 saturated carbocycles. The fourth-order valence-corrected chi connectivity index (χ4v) is 1.63. The first-order valence-corrected chi connectivity index (χ1v) is 4.86. The zero-order valence-electron chi connectivity index (χ0n) is 6.96. The van der Waals surface area contributed by atoms with E-state index >= 15 is 0 Å². The van der Waals surface area contributed by atoms with Crippen LogP contribution < -0.4 is 0 Å². The van der Waals surface area contributed by atoms with E-state index in [0.717, 1.165) is 16.7 Å². The number of thioether (sulfide) groups is 1. The van der Waals surface area contributed by atoms with Gasteiger partial charge in [-0.3, -0.25) is 0 Å². The zero-order valence-corrected chi connectivity index (χ0v) is 7.78. The van der Waals surface area contributed by atoms with Gasteiger partial charge in [-0.05, 0) is 13.3 Å². The smallest absolute Gasteiger partial charge is 0.255 e. The maximum Gasteiger partial charge on any atom is 0.255 e. The highest BCUT2D eigenvalue weighted by atomic mass is 32.2. The molecular weight excluding hydrogens is 158 g/mol. The average Bonchev–Trinajstić information content (AvgIpc) is 2.37. The standard InChI is InChI=1S/C8H13NOS/c1-3-4-5-11-8-9-7(2)6-10-8/h6H,3-5H2,1-2H3. The Bertz CT molecular complexity index is 210. The van der Waals surface area contributed by atoms with Gasteiger partial charge >= 0.3 is 0 Å². The first-order chi connectivity index (χ1) is 5.33. The molecule has 0 aromatic carbocycles. The molecule has 0 N–H and O–H groups in total. The second-order valence-corrected chi connectivity index (χ2v) is 3.50. The molecule has 1 rings (SSSR count). The quantitative estimate of drug-likeness (QED) is 0.514. The van der Waals surface area contributed by atoms with E-state index in [1.54, 1.807) is 18.0 Å². The molecule has 0 saturated heterocycles. The number of aromatic nitrogens is 1. The lowest BCUT2D eigenvalue weighted by Crippen LogP contribution is -1.78. The van der Waals surface area contributed by atoms with Crippen LogP contribution in [0.1, 0.15) is 25.5 Å². The molecule has 1 aromatic rings. The SMILES string of the molecule is CCCCSc1nc(C)co1.